The summed E-state index contributed by atoms with van der Waals surface area (Å²) in [5.74, 6) is -0.0893. The summed E-state index contributed by atoms with van der Waals surface area (Å²) in [5.41, 5.74) is 4.59. The molecule has 0 spiro atoms. The average Bonchev–Trinajstić information content (AvgIpc) is 2.86. The maximum absolute atomic E-state index is 12.5. The van der Waals surface area contributed by atoms with Crippen LogP contribution in [-0.4, -0.2) is 5.91 Å². The van der Waals surface area contributed by atoms with Gasteiger partial charge in [0.1, 0.15) is 0 Å². The van der Waals surface area contributed by atoms with Gasteiger partial charge in [-0.25, -0.2) is 0 Å². The van der Waals surface area contributed by atoms with Crippen molar-refractivity contribution in [3.63, 3.8) is 0 Å². The monoisotopic (exact) mass is 361 g/mol. The number of allylic oxidation sites excluding steroid dienone is 1. The molecule has 2 aromatic carbocycles. The summed E-state index contributed by atoms with van der Waals surface area (Å²) in [6.07, 6.45) is 2.76. The van der Waals surface area contributed by atoms with Crippen LogP contribution in [0.3, 0.4) is 0 Å². The van der Waals surface area contributed by atoms with Gasteiger partial charge >= 0.3 is 0 Å². The van der Waals surface area contributed by atoms with Gasteiger partial charge in [0.25, 0.3) is 5.91 Å². The number of fused-ring (bicyclic) bond motifs is 1. The van der Waals surface area contributed by atoms with E-state index in [9.17, 15) is 4.79 Å². The molecule has 0 saturated carbocycles. The van der Waals surface area contributed by atoms with E-state index in [0.717, 1.165) is 33.3 Å². The summed E-state index contributed by atoms with van der Waals surface area (Å²) < 4.78 is 0.976. The van der Waals surface area contributed by atoms with E-state index >= 15 is 0 Å². The third-order valence-corrected chi connectivity index (χ3v) is 4.47. The van der Waals surface area contributed by atoms with Crippen molar-refractivity contribution < 1.29 is 4.79 Å². The number of aryl methyl sites for hydroxylation is 1. The highest BCUT2D eigenvalue weighted by atomic mass is 79.9. The highest BCUT2D eigenvalue weighted by molar-refractivity contribution is 9.10. The molecule has 0 fully saturated rings. The Kier molecular flexibility index (Phi) is 3.87. The van der Waals surface area contributed by atoms with E-state index in [1.807, 2.05) is 43.3 Å². The summed E-state index contributed by atoms with van der Waals surface area (Å²) in [5, 5.41) is 3.63. The smallest absolute Gasteiger partial charge is 0.255 e. The fourth-order valence-corrected chi connectivity index (χ4v) is 2.91. The molecule has 1 N–H and O–H groups in total. The molecule has 0 radical (unpaired) electrons. The van der Waals surface area contributed by atoms with E-state index in [1.165, 1.54) is 5.56 Å². The fraction of sp³-hybridized carbons (Fsp3) is 0.118. The summed E-state index contributed by atoms with van der Waals surface area (Å²) in [6.45, 7) is 1.92. The summed E-state index contributed by atoms with van der Waals surface area (Å²) in [4.78, 5) is 12.5. The van der Waals surface area contributed by atoms with Crippen LogP contribution in [0.15, 0.2) is 46.9 Å². The second kappa shape index (κ2) is 5.66. The highest BCUT2D eigenvalue weighted by Gasteiger charge is 2.20. The number of rotatable bonds is 2. The molecule has 1 amide bonds. The van der Waals surface area contributed by atoms with Gasteiger partial charge in [0.2, 0.25) is 0 Å². The Labute approximate surface area is 136 Å². The van der Waals surface area contributed by atoms with Crippen LogP contribution < -0.4 is 5.32 Å². The van der Waals surface area contributed by atoms with Gasteiger partial charge in [0.15, 0.2) is 0 Å². The average molecular weight is 363 g/mol. The van der Waals surface area contributed by atoms with Crippen molar-refractivity contribution in [3.05, 3.63) is 68.7 Å². The Morgan fingerprint density at radius 1 is 1.24 bits per heavy atom. The van der Waals surface area contributed by atoms with Crippen molar-refractivity contribution in [2.45, 2.75) is 13.3 Å². The Hall–Kier alpha value is -1.58. The third-order valence-electron chi connectivity index (χ3n) is 3.55. The lowest BCUT2D eigenvalue weighted by molar-refractivity contribution is -0.111. The molecule has 1 aliphatic rings. The maximum atomic E-state index is 12.5. The van der Waals surface area contributed by atoms with E-state index in [2.05, 4.69) is 21.2 Å². The van der Waals surface area contributed by atoms with Crippen LogP contribution in [-0.2, 0) is 11.2 Å². The van der Waals surface area contributed by atoms with Gasteiger partial charge in [-0.3, -0.25) is 4.79 Å². The molecule has 1 aliphatic carbocycles. The Morgan fingerprint density at radius 3 is 2.81 bits per heavy atom. The van der Waals surface area contributed by atoms with E-state index in [1.54, 1.807) is 6.07 Å². The van der Waals surface area contributed by atoms with E-state index in [4.69, 9.17) is 11.6 Å². The van der Waals surface area contributed by atoms with E-state index in [-0.39, 0.29) is 5.91 Å². The van der Waals surface area contributed by atoms with Crippen molar-refractivity contribution in [2.24, 2.45) is 0 Å². The molecule has 4 heteroatoms. The minimum absolute atomic E-state index is 0.0893. The van der Waals surface area contributed by atoms with Crippen LogP contribution >= 0.6 is 27.5 Å². The molecule has 3 rings (SSSR count). The first-order valence-electron chi connectivity index (χ1n) is 6.61. The standard InChI is InChI=1S/C17H13BrClNO/c1-10-8-13(5-7-16(10)19)20-17(21)14-6-3-11-2-4-12(18)9-15(11)14/h2,4-9H,3H2,1H3,(H,20,21). The number of hydrogen-bond donors (Lipinski definition) is 1. The summed E-state index contributed by atoms with van der Waals surface area (Å²) >= 11 is 9.45. The lowest BCUT2D eigenvalue weighted by Crippen LogP contribution is -2.13. The number of halogens is 2. The van der Waals surface area contributed by atoms with Crippen LogP contribution in [0, 0.1) is 6.92 Å². The first-order chi connectivity index (χ1) is 10.0. The predicted molar refractivity (Wildman–Crippen MR) is 90.6 cm³/mol. The van der Waals surface area contributed by atoms with Crippen molar-refractivity contribution in [1.29, 1.82) is 0 Å². The van der Waals surface area contributed by atoms with Gasteiger partial charge in [-0.15, -0.1) is 0 Å². The summed E-state index contributed by atoms with van der Waals surface area (Å²) in [6, 6.07) is 11.5. The van der Waals surface area contributed by atoms with E-state index in [0.29, 0.717) is 5.02 Å². The summed E-state index contributed by atoms with van der Waals surface area (Å²) in [7, 11) is 0. The van der Waals surface area contributed by atoms with Gasteiger partial charge in [0.05, 0.1) is 0 Å². The zero-order valence-corrected chi connectivity index (χ0v) is 13.8. The number of anilines is 1. The molecule has 2 aromatic rings. The molecule has 106 valence electrons. The van der Waals surface area contributed by atoms with Gasteiger partial charge in [0, 0.05) is 20.8 Å². The molecule has 0 unspecified atom stereocenters. The maximum Gasteiger partial charge on any atom is 0.255 e. The normalized spacial score (nSPS) is 12.8. The van der Waals surface area contributed by atoms with Gasteiger partial charge in [-0.05, 0) is 60.4 Å². The molecule has 0 heterocycles. The van der Waals surface area contributed by atoms with Crippen molar-refractivity contribution in [2.75, 3.05) is 5.32 Å². The number of nitrogens with one attached hydrogen (secondary N) is 1. The molecule has 0 bridgehead atoms. The molecular formula is C17H13BrClNO. The Bertz CT molecular complexity index is 767. The predicted octanol–water partition coefficient (Wildman–Crippen LogP) is 4.99. The first kappa shape index (κ1) is 14.4. The van der Waals surface area contributed by atoms with Crippen LogP contribution in [0.5, 0.6) is 0 Å². The lowest BCUT2D eigenvalue weighted by atomic mass is 10.1. The SMILES string of the molecule is Cc1cc(NC(=O)C2=CCc3ccc(Br)cc32)ccc1Cl. The molecule has 0 aromatic heterocycles. The van der Waals surface area contributed by atoms with Crippen molar-refractivity contribution in [1.82, 2.24) is 0 Å². The first-order valence-corrected chi connectivity index (χ1v) is 7.78. The lowest BCUT2D eigenvalue weighted by Gasteiger charge is -2.09. The van der Waals surface area contributed by atoms with Crippen molar-refractivity contribution >= 4 is 44.7 Å². The number of amides is 1. The third kappa shape index (κ3) is 2.89. The minimum Gasteiger partial charge on any atom is -0.322 e. The molecule has 0 saturated heterocycles. The Balaban J connectivity index is 1.84. The number of benzene rings is 2. The number of carbonyl (C=O) groups excluding carboxylic acids is 1. The molecule has 21 heavy (non-hydrogen) atoms. The number of hydrogen-bond acceptors (Lipinski definition) is 1. The van der Waals surface area contributed by atoms with Gasteiger partial charge in [-0.1, -0.05) is 39.7 Å². The quantitative estimate of drug-likeness (QED) is 0.801. The van der Waals surface area contributed by atoms with Crippen LogP contribution in [0.25, 0.3) is 5.57 Å². The second-order valence-electron chi connectivity index (χ2n) is 5.04. The minimum atomic E-state index is -0.0893. The molecule has 2 nitrogen and oxygen atoms in total. The van der Waals surface area contributed by atoms with E-state index < -0.39 is 0 Å². The topological polar surface area (TPSA) is 29.1 Å². The number of carbonyl (C=O) groups is 1. The second-order valence-corrected chi connectivity index (χ2v) is 6.36. The van der Waals surface area contributed by atoms with Crippen LogP contribution in [0.1, 0.15) is 16.7 Å². The van der Waals surface area contributed by atoms with Gasteiger partial charge in [-0.2, -0.15) is 0 Å². The largest absolute Gasteiger partial charge is 0.322 e. The fourth-order valence-electron chi connectivity index (χ4n) is 2.44. The van der Waals surface area contributed by atoms with Crippen molar-refractivity contribution in [3.8, 4) is 0 Å². The zero-order chi connectivity index (χ0) is 15.0. The Morgan fingerprint density at radius 2 is 2.05 bits per heavy atom. The van der Waals surface area contributed by atoms with Crippen LogP contribution in [0.2, 0.25) is 5.02 Å². The molecule has 0 aliphatic heterocycles. The molecule has 0 atom stereocenters. The zero-order valence-electron chi connectivity index (χ0n) is 11.4. The van der Waals surface area contributed by atoms with Crippen LogP contribution in [0.4, 0.5) is 5.69 Å². The van der Waals surface area contributed by atoms with Gasteiger partial charge < -0.3 is 5.32 Å². The highest BCUT2D eigenvalue weighted by Crippen LogP contribution is 2.31. The molecular weight excluding hydrogens is 350 g/mol.